The molecule has 3 heterocycles. The number of amidine groups is 3. The van der Waals surface area contributed by atoms with E-state index >= 15 is 0 Å². The molecule has 9 rings (SSSR count). The molecule has 8 amide bonds. The molecule has 0 bridgehead atoms. The molecule has 0 spiro atoms. The number of carbonyl (C=O) groups excluding carboxylic acids is 9. The van der Waals surface area contributed by atoms with Crippen LogP contribution in [0.4, 0.5) is 34.5 Å². The van der Waals surface area contributed by atoms with E-state index in [1.54, 1.807) is 178 Å². The quantitative estimate of drug-likeness (QED) is 0.00339. The van der Waals surface area contributed by atoms with Gasteiger partial charge in [0, 0.05) is 129 Å². The number of hydrogen-bond acceptors (Lipinski definition) is 20. The molecule has 14 N–H and O–H groups in total. The summed E-state index contributed by atoms with van der Waals surface area (Å²) in [6.45, 7) is 7.27. The summed E-state index contributed by atoms with van der Waals surface area (Å²) in [5, 5.41) is 56.9. The van der Waals surface area contributed by atoms with Crippen LogP contribution in [0.1, 0.15) is 171 Å². The fourth-order valence-corrected chi connectivity index (χ4v) is 11.4. The Bertz CT molecular complexity index is 5130. The second-order valence-corrected chi connectivity index (χ2v) is 30.6. The van der Waals surface area contributed by atoms with Gasteiger partial charge in [-0.25, -0.2) is 15.0 Å². The van der Waals surface area contributed by atoms with Crippen LogP contribution in [0.3, 0.4) is 0 Å². The molecule has 37 heteroatoms. The summed E-state index contributed by atoms with van der Waals surface area (Å²) in [5.74, 6) is -0.940. The first kappa shape index (κ1) is 106. The lowest BCUT2D eigenvalue weighted by Crippen LogP contribution is -2.29. The Kier molecular flexibility index (Phi) is 46.4. The van der Waals surface area contributed by atoms with Crippen LogP contribution in [-0.2, 0) is 19.1 Å². The highest BCUT2D eigenvalue weighted by Crippen LogP contribution is 2.29. The van der Waals surface area contributed by atoms with E-state index in [9.17, 15) is 48.3 Å². The third kappa shape index (κ3) is 38.2. The molecular weight excluding hydrogens is 1700 g/mol. The van der Waals surface area contributed by atoms with E-state index in [1.165, 1.54) is 68.2 Å². The van der Waals surface area contributed by atoms with E-state index in [2.05, 4.69) is 73.0 Å². The average molecular weight is 1810 g/mol. The molecule has 0 saturated carbocycles. The Hall–Kier alpha value is -12.9. The Balaban J connectivity index is 0.000000362. The van der Waals surface area contributed by atoms with Gasteiger partial charge in [-0.05, 0) is 180 Å². The van der Waals surface area contributed by atoms with Crippen LogP contribution in [0.5, 0.6) is 17.2 Å². The number of methoxy groups -OCH3 is 1. The number of carbonyl (C=O) groups is 9. The molecule has 0 aliphatic heterocycles. The summed E-state index contributed by atoms with van der Waals surface area (Å²) in [6, 6.07) is 42.6. The maximum atomic E-state index is 13.3. The number of nitrogens with one attached hydrogen (secondary N) is 11. The number of ether oxygens (including phenoxy) is 3. The molecule has 0 aliphatic rings. The number of aromatic hydroxyl groups is 1. The van der Waals surface area contributed by atoms with Crippen LogP contribution in [0, 0.1) is 16.2 Å². The van der Waals surface area contributed by atoms with Crippen molar-refractivity contribution in [2.45, 2.75) is 98.0 Å². The number of phenolic OH excluding ortho intramolecular Hbond substituents is 1. The van der Waals surface area contributed by atoms with Crippen LogP contribution >= 0.6 is 46.4 Å². The van der Waals surface area contributed by atoms with Gasteiger partial charge in [0.05, 0.1) is 55.9 Å². The normalized spacial score (nSPS) is 10.3. The molecule has 0 aliphatic carbocycles. The van der Waals surface area contributed by atoms with Gasteiger partial charge in [-0.3, -0.25) is 59.4 Å². The number of nitrogens with zero attached hydrogens (tertiary/aromatic N) is 6. The highest BCUT2D eigenvalue weighted by molar-refractivity contribution is 6.75. The second-order valence-electron chi connectivity index (χ2n) is 29.0. The van der Waals surface area contributed by atoms with Crippen molar-refractivity contribution in [3.05, 3.63) is 248 Å². The van der Waals surface area contributed by atoms with Crippen molar-refractivity contribution >= 4 is 167 Å². The van der Waals surface area contributed by atoms with Crippen LogP contribution in [0.25, 0.3) is 0 Å². The number of halogens is 4. The number of rotatable bonds is 34. The summed E-state index contributed by atoms with van der Waals surface area (Å²) in [4.78, 5) is 129. The number of nitrogens with two attached hydrogens (primary N) is 1. The number of unbranched alkanes of at least 4 members (excludes halogenated alkanes) is 7. The highest BCUT2D eigenvalue weighted by Gasteiger charge is 2.23. The summed E-state index contributed by atoms with van der Waals surface area (Å²) < 4.78 is 16.1. The number of anilines is 6. The van der Waals surface area contributed by atoms with E-state index in [-0.39, 0.29) is 88.9 Å². The highest BCUT2D eigenvalue weighted by atomic mass is 35.5. The minimum atomic E-state index is -0.559. The van der Waals surface area contributed by atoms with Crippen LogP contribution in [-0.4, -0.2) is 208 Å². The zero-order chi connectivity index (χ0) is 93.0. The molecule has 6 aromatic carbocycles. The van der Waals surface area contributed by atoms with Gasteiger partial charge in [-0.15, -0.1) is 11.6 Å². The largest absolute Gasteiger partial charge is 0.508 e. The molecule has 0 unspecified atom stereocenters. The Morgan fingerprint density at radius 2 is 0.764 bits per heavy atom. The van der Waals surface area contributed by atoms with E-state index < -0.39 is 41.0 Å². The maximum Gasteiger partial charge on any atom is 0.306 e. The zero-order valence-electron chi connectivity index (χ0n) is 71.7. The fourth-order valence-electron chi connectivity index (χ4n) is 10.9. The SMILES string of the molecule is C.CC(C)(C)OC(=O)CCCCCCCNC(=O)CCl.CN(C)C(=N)c1ccc(C(=O)Nc2ccc(O)cc2C(=O)Nc2ccc(Cl)cn2)cc1.CN(C)C(=N)c1ccc(C(=O)Nc2ccc(OCC(=O)NCCCCCCN)cc2C(=O)Nc2ccc(Cl)cn2)cc1.COc1ccc(NC(=O)c2ccc(C(=N)N(C)C)cc2)c(C(=O)Nc2ccc(Cl)cn2)c1.[B][B]. The minimum absolute atomic E-state index is 0. The molecule has 31 nitrogen and oxygen atoms in total. The number of aromatic nitrogens is 3. The molecule has 0 fully saturated rings. The summed E-state index contributed by atoms with van der Waals surface area (Å²) in [7, 11) is 20.1. The van der Waals surface area contributed by atoms with Gasteiger partial charge in [0.1, 0.15) is 63.7 Å². The Morgan fingerprint density at radius 1 is 0.433 bits per heavy atom. The van der Waals surface area contributed by atoms with Crippen molar-refractivity contribution < 1.29 is 62.5 Å². The van der Waals surface area contributed by atoms with E-state index in [4.69, 9.17) is 82.6 Å². The Labute approximate surface area is 763 Å². The van der Waals surface area contributed by atoms with Gasteiger partial charge in [0.15, 0.2) is 6.61 Å². The van der Waals surface area contributed by atoms with E-state index in [0.29, 0.717) is 109 Å². The number of amides is 8. The van der Waals surface area contributed by atoms with Gasteiger partial charge < -0.3 is 82.3 Å². The van der Waals surface area contributed by atoms with Crippen LogP contribution in [0.15, 0.2) is 182 Å². The van der Waals surface area contributed by atoms with Crippen molar-refractivity contribution in [1.29, 1.82) is 16.2 Å². The lowest BCUT2D eigenvalue weighted by atomic mass is 9.81. The molecule has 0 atom stereocenters. The predicted octanol–water partition coefficient (Wildman–Crippen LogP) is 15.0. The summed E-state index contributed by atoms with van der Waals surface area (Å²) >= 11 is 22.9. The number of alkyl halides is 1. The molecule has 670 valence electrons. The summed E-state index contributed by atoms with van der Waals surface area (Å²) in [6.07, 6.45) is 13.5. The standard InChI is InChI=1S/C30H36ClN7O4.C23H22ClN5O3.C22H20ClN5O3.C14H26ClNO3.CH4.B2/c1-38(2)28(33)20-7-9-21(10-8-20)29(40)36-25-13-12-23(42-19-27(39)34-16-6-4-3-5-15-32)17-24(25)30(41)37-26-14-11-22(31)18-35-26;1-29(2)21(25)14-4-6-15(7-5-14)22(30)27-19-10-9-17(32-3)12-18(19)23(31)28-20-11-8-16(24)13-26-20;1-28(2)20(24)13-3-5-14(6-4-13)21(30)26-18-9-8-16(29)11-17(18)22(31)27-19-10-7-15(23)12-25-19;1-14(2,3)19-13(18)9-7-5-4-6-8-10-16-12(17)11-15;;1-2/h7-14,17-18,33H,3-6,15-16,19,32H2,1-2H3,(H,34,39)(H,36,40)(H,35,37,41);4-13,25H,1-3H3,(H,27,30)(H,26,28,31);3-12,24,29H,1-2H3,(H,26,30)(H,25,27,31);4-11H2,1-3H3,(H,16,17);1H4;. The van der Waals surface area contributed by atoms with E-state index in [0.717, 1.165) is 57.8 Å². The molecule has 3 aromatic heterocycles. The number of hydrogen-bond donors (Lipinski definition) is 13. The van der Waals surface area contributed by atoms with Crippen LogP contribution in [0.2, 0.25) is 15.1 Å². The molecule has 127 heavy (non-hydrogen) atoms. The van der Waals surface area contributed by atoms with Crippen molar-refractivity contribution in [2.24, 2.45) is 5.73 Å². The van der Waals surface area contributed by atoms with Gasteiger partial charge in [0.25, 0.3) is 41.4 Å². The van der Waals surface area contributed by atoms with Gasteiger partial charge in [0.2, 0.25) is 5.91 Å². The lowest BCUT2D eigenvalue weighted by molar-refractivity contribution is -0.155. The number of esters is 1. The predicted molar refractivity (Wildman–Crippen MR) is 505 cm³/mol. The van der Waals surface area contributed by atoms with Crippen molar-refractivity contribution in [2.75, 3.05) is 113 Å². The second kappa shape index (κ2) is 55.4. The van der Waals surface area contributed by atoms with Crippen molar-refractivity contribution in [3.8, 4) is 17.2 Å². The van der Waals surface area contributed by atoms with Gasteiger partial charge in [-0.1, -0.05) is 111 Å². The first-order valence-electron chi connectivity index (χ1n) is 39.5. The molecular formula is C90H108B2Cl4N18O13. The first-order valence-corrected chi connectivity index (χ1v) is 41.2. The third-order valence-corrected chi connectivity index (χ3v) is 18.4. The molecule has 4 radical (unpaired) electrons. The van der Waals surface area contributed by atoms with E-state index in [1.807, 2.05) is 20.8 Å². The minimum Gasteiger partial charge on any atom is -0.508 e. The number of pyridine rings is 3. The average Bonchev–Trinajstić information content (AvgIpc) is 0.827. The van der Waals surface area contributed by atoms with Crippen molar-refractivity contribution in [3.63, 3.8) is 0 Å². The Morgan fingerprint density at radius 3 is 1.11 bits per heavy atom. The lowest BCUT2D eigenvalue weighted by Gasteiger charge is -2.19. The van der Waals surface area contributed by atoms with Crippen molar-refractivity contribution in [1.82, 2.24) is 40.3 Å². The zero-order valence-corrected chi connectivity index (χ0v) is 74.7. The fraction of sp³-hybridized carbons (Fsp3) is 0.300. The summed E-state index contributed by atoms with van der Waals surface area (Å²) in [5.41, 5.74) is 9.34. The number of benzene rings is 6. The molecule has 9 aromatic rings. The molecule has 0 saturated heterocycles. The van der Waals surface area contributed by atoms with Gasteiger partial charge >= 0.3 is 5.97 Å². The third-order valence-electron chi connectivity index (χ3n) is 17.5. The number of phenols is 1. The topological polar surface area (TPSA) is 444 Å². The first-order chi connectivity index (χ1) is 60.0. The smallest absolute Gasteiger partial charge is 0.306 e. The van der Waals surface area contributed by atoms with Gasteiger partial charge in [-0.2, -0.15) is 0 Å². The maximum absolute atomic E-state index is 13.3. The van der Waals surface area contributed by atoms with Crippen LogP contribution < -0.4 is 57.7 Å². The monoisotopic (exact) mass is 1810 g/mol.